The lowest BCUT2D eigenvalue weighted by atomic mass is 10.2. The van der Waals surface area contributed by atoms with Crippen molar-refractivity contribution in [2.45, 2.75) is 6.54 Å². The number of pyridine rings is 1. The molecule has 0 aliphatic rings. The van der Waals surface area contributed by atoms with Crippen LogP contribution in [0.4, 0.5) is 10.5 Å². The molecule has 0 saturated carbocycles. The van der Waals surface area contributed by atoms with Crippen molar-refractivity contribution in [1.82, 2.24) is 10.3 Å². The molecule has 2 amide bonds. The lowest BCUT2D eigenvalue weighted by Crippen LogP contribution is -2.28. The summed E-state index contributed by atoms with van der Waals surface area (Å²) in [6.07, 6.45) is 1.28. The van der Waals surface area contributed by atoms with Gasteiger partial charge in [-0.15, -0.1) is 0 Å². The average molecular weight is 306 g/mol. The highest BCUT2D eigenvalue weighted by molar-refractivity contribution is 6.30. The summed E-state index contributed by atoms with van der Waals surface area (Å²) in [5.74, 6) is -1.12. The Balaban J connectivity index is 1.88. The Kier molecular flexibility index (Phi) is 4.73. The van der Waals surface area contributed by atoms with E-state index in [9.17, 15) is 9.59 Å². The molecule has 0 aliphatic carbocycles. The molecule has 3 N–H and O–H groups in total. The van der Waals surface area contributed by atoms with E-state index in [2.05, 4.69) is 15.6 Å². The van der Waals surface area contributed by atoms with Gasteiger partial charge >= 0.3 is 12.0 Å². The molecule has 1 aromatic carbocycles. The van der Waals surface area contributed by atoms with E-state index in [0.717, 1.165) is 5.56 Å². The van der Waals surface area contributed by atoms with E-state index < -0.39 is 12.0 Å². The van der Waals surface area contributed by atoms with Gasteiger partial charge in [-0.3, -0.25) is 0 Å². The molecular weight excluding hydrogens is 294 g/mol. The van der Waals surface area contributed by atoms with Gasteiger partial charge in [0, 0.05) is 11.6 Å². The molecule has 0 radical (unpaired) electrons. The molecule has 0 saturated heterocycles. The zero-order valence-electron chi connectivity index (χ0n) is 10.8. The molecule has 0 unspecified atom stereocenters. The van der Waals surface area contributed by atoms with Crippen molar-refractivity contribution in [2.75, 3.05) is 5.32 Å². The van der Waals surface area contributed by atoms with Crippen LogP contribution in [0, 0.1) is 0 Å². The Labute approximate surface area is 125 Å². The number of rotatable bonds is 4. The Morgan fingerprint density at radius 2 is 2.05 bits per heavy atom. The molecule has 7 heteroatoms. The summed E-state index contributed by atoms with van der Waals surface area (Å²) >= 11 is 5.85. The predicted octanol–water partition coefficient (Wildman–Crippen LogP) is 2.75. The van der Waals surface area contributed by atoms with Crippen molar-refractivity contribution in [3.63, 3.8) is 0 Å². The molecule has 1 heterocycles. The van der Waals surface area contributed by atoms with Crippen LogP contribution in [0.2, 0.25) is 5.02 Å². The minimum Gasteiger partial charge on any atom is -0.477 e. The van der Waals surface area contributed by atoms with Gasteiger partial charge in [0.1, 0.15) is 5.69 Å². The minimum absolute atomic E-state index is 0.0834. The highest BCUT2D eigenvalue weighted by Gasteiger charge is 2.06. The number of halogens is 1. The Hall–Kier alpha value is -2.60. The first-order valence-electron chi connectivity index (χ1n) is 6.03. The molecule has 108 valence electrons. The monoisotopic (exact) mass is 305 g/mol. The molecule has 2 rings (SSSR count). The lowest BCUT2D eigenvalue weighted by Gasteiger charge is -2.07. The number of nitrogens with one attached hydrogen (secondary N) is 2. The first-order valence-corrected chi connectivity index (χ1v) is 6.41. The van der Waals surface area contributed by atoms with E-state index in [4.69, 9.17) is 16.7 Å². The number of benzene rings is 1. The van der Waals surface area contributed by atoms with E-state index in [1.807, 2.05) is 6.07 Å². The van der Waals surface area contributed by atoms with E-state index >= 15 is 0 Å². The van der Waals surface area contributed by atoms with E-state index in [1.54, 1.807) is 18.2 Å². The molecular formula is C14H12ClN3O3. The molecule has 0 fully saturated rings. The van der Waals surface area contributed by atoms with Crippen LogP contribution in [-0.4, -0.2) is 22.1 Å². The zero-order valence-corrected chi connectivity index (χ0v) is 11.6. The molecule has 21 heavy (non-hydrogen) atoms. The van der Waals surface area contributed by atoms with Crippen LogP contribution in [0.15, 0.2) is 42.6 Å². The third kappa shape index (κ3) is 4.47. The number of aromatic nitrogens is 1. The number of carboxylic acid groups (broad SMARTS) is 1. The quantitative estimate of drug-likeness (QED) is 0.810. The fraction of sp³-hybridized carbons (Fsp3) is 0.0714. The van der Waals surface area contributed by atoms with Crippen LogP contribution >= 0.6 is 11.6 Å². The maximum Gasteiger partial charge on any atom is 0.354 e. The van der Waals surface area contributed by atoms with Gasteiger partial charge in [0.25, 0.3) is 0 Å². The summed E-state index contributed by atoms with van der Waals surface area (Å²) in [6, 6.07) is 9.51. The van der Waals surface area contributed by atoms with Gasteiger partial charge < -0.3 is 15.7 Å². The van der Waals surface area contributed by atoms with E-state index in [1.165, 1.54) is 18.3 Å². The summed E-state index contributed by atoms with van der Waals surface area (Å²) in [7, 11) is 0. The van der Waals surface area contributed by atoms with Crippen molar-refractivity contribution in [3.05, 3.63) is 58.9 Å². The smallest absolute Gasteiger partial charge is 0.354 e. The molecule has 0 aliphatic heterocycles. The number of carboxylic acids is 1. The van der Waals surface area contributed by atoms with Crippen molar-refractivity contribution < 1.29 is 14.7 Å². The van der Waals surface area contributed by atoms with Crippen molar-refractivity contribution in [1.29, 1.82) is 0 Å². The van der Waals surface area contributed by atoms with Crippen molar-refractivity contribution in [3.8, 4) is 0 Å². The third-order valence-corrected chi connectivity index (χ3v) is 2.82. The average Bonchev–Trinajstić information content (AvgIpc) is 2.46. The minimum atomic E-state index is -1.12. The van der Waals surface area contributed by atoms with Gasteiger partial charge in [-0.2, -0.15) is 0 Å². The number of aromatic carboxylic acids is 1. The first-order chi connectivity index (χ1) is 10.0. The summed E-state index contributed by atoms with van der Waals surface area (Å²) in [6.45, 7) is 0.326. The lowest BCUT2D eigenvalue weighted by molar-refractivity contribution is 0.0690. The Morgan fingerprint density at radius 1 is 1.24 bits per heavy atom. The molecule has 0 bridgehead atoms. The van der Waals surface area contributed by atoms with Crippen LogP contribution in [-0.2, 0) is 6.54 Å². The molecule has 0 atom stereocenters. The Bertz CT molecular complexity index is 659. The molecule has 6 nitrogen and oxygen atoms in total. The fourth-order valence-corrected chi connectivity index (χ4v) is 1.81. The number of hydrogen-bond acceptors (Lipinski definition) is 3. The number of carbonyl (C=O) groups excluding carboxylic acids is 1. The summed E-state index contributed by atoms with van der Waals surface area (Å²) in [5.41, 5.74) is 1.19. The molecule has 1 aromatic heterocycles. The fourth-order valence-electron chi connectivity index (χ4n) is 1.60. The maximum atomic E-state index is 11.7. The number of anilines is 1. The summed E-state index contributed by atoms with van der Waals surface area (Å²) in [5, 5.41) is 14.5. The van der Waals surface area contributed by atoms with E-state index in [0.29, 0.717) is 17.3 Å². The van der Waals surface area contributed by atoms with Crippen LogP contribution < -0.4 is 10.6 Å². The topological polar surface area (TPSA) is 91.3 Å². The zero-order chi connectivity index (χ0) is 15.2. The van der Waals surface area contributed by atoms with Crippen LogP contribution in [0.1, 0.15) is 16.1 Å². The number of nitrogens with zero attached hydrogens (tertiary/aromatic N) is 1. The van der Waals surface area contributed by atoms with Crippen LogP contribution in [0.3, 0.4) is 0 Å². The van der Waals surface area contributed by atoms with Gasteiger partial charge in [-0.1, -0.05) is 23.7 Å². The number of amides is 2. The predicted molar refractivity (Wildman–Crippen MR) is 78.5 cm³/mol. The standard InChI is InChI=1S/C14H12ClN3O3/c15-10-3-1-2-9(6-10)7-17-14(21)18-11-4-5-12(13(19)20)16-8-11/h1-6,8H,7H2,(H,19,20)(H2,17,18,21). The van der Waals surface area contributed by atoms with Gasteiger partial charge in [0.2, 0.25) is 0 Å². The Morgan fingerprint density at radius 3 is 2.67 bits per heavy atom. The highest BCUT2D eigenvalue weighted by Crippen LogP contribution is 2.10. The molecule has 2 aromatic rings. The highest BCUT2D eigenvalue weighted by atomic mass is 35.5. The second-order valence-electron chi connectivity index (χ2n) is 4.17. The number of urea groups is 1. The number of carbonyl (C=O) groups is 2. The van der Waals surface area contributed by atoms with Gasteiger partial charge in [0.05, 0.1) is 11.9 Å². The van der Waals surface area contributed by atoms with Crippen LogP contribution in [0.5, 0.6) is 0 Å². The first kappa shape index (κ1) is 14.8. The summed E-state index contributed by atoms with van der Waals surface area (Å²) in [4.78, 5) is 26.0. The van der Waals surface area contributed by atoms with Crippen LogP contribution in [0.25, 0.3) is 0 Å². The normalized spacial score (nSPS) is 9.95. The van der Waals surface area contributed by atoms with E-state index in [-0.39, 0.29) is 5.69 Å². The SMILES string of the molecule is O=C(NCc1cccc(Cl)c1)Nc1ccc(C(=O)O)nc1. The van der Waals surface area contributed by atoms with Crippen molar-refractivity contribution in [2.24, 2.45) is 0 Å². The second-order valence-corrected chi connectivity index (χ2v) is 4.61. The maximum absolute atomic E-state index is 11.7. The third-order valence-electron chi connectivity index (χ3n) is 2.58. The van der Waals surface area contributed by atoms with Gasteiger partial charge in [-0.05, 0) is 29.8 Å². The van der Waals surface area contributed by atoms with Crippen molar-refractivity contribution >= 4 is 29.3 Å². The summed E-state index contributed by atoms with van der Waals surface area (Å²) < 4.78 is 0. The second kappa shape index (κ2) is 6.71. The van der Waals surface area contributed by atoms with Gasteiger partial charge in [0.15, 0.2) is 0 Å². The number of hydrogen-bond donors (Lipinski definition) is 3. The van der Waals surface area contributed by atoms with Gasteiger partial charge in [-0.25, -0.2) is 14.6 Å². The largest absolute Gasteiger partial charge is 0.477 e. The molecule has 0 spiro atoms.